The van der Waals surface area contributed by atoms with Crippen LogP contribution >= 0.6 is 0 Å². The molecule has 0 heterocycles. The van der Waals surface area contributed by atoms with E-state index >= 15 is 0 Å². The predicted molar refractivity (Wildman–Crippen MR) is 249 cm³/mol. The molecule has 5 heteroatoms. The number of carbonyl (C=O) groups is 2. The Hall–Kier alpha value is -1.62. The maximum absolute atomic E-state index is 12.6. The maximum atomic E-state index is 12.6. The second-order valence-corrected chi connectivity index (χ2v) is 20.1. The van der Waals surface area contributed by atoms with Gasteiger partial charge in [-0.25, -0.2) is 0 Å². The standard InChI is InChI=1S/C52H99NO4/c1-42(2)20-13-22-44(5)24-15-26-46(7)28-17-30-48(9)37-40-56-51(54)33-19-32-50(36-39-53(11)12)34-35-52(55)57-41-38-49(10)31-18-29-47(8)27-16-25-45(6)23-14-21-43(3)4/h37-38,42-47,50H,13-36,39-41H2,1-12H3/b48-37+,49-38+. The number of allylic oxidation sites excluding steroid dienone is 2. The number of hydrogen-bond donors (Lipinski definition) is 0. The number of rotatable bonds is 38. The second-order valence-electron chi connectivity index (χ2n) is 20.1. The molecule has 5 nitrogen and oxygen atoms in total. The summed E-state index contributed by atoms with van der Waals surface area (Å²) in [6, 6.07) is 0. The van der Waals surface area contributed by atoms with E-state index in [4.69, 9.17) is 9.47 Å². The quantitative estimate of drug-likeness (QED) is 0.0460. The first-order chi connectivity index (χ1) is 27.1. The lowest BCUT2D eigenvalue weighted by molar-refractivity contribution is -0.144. The largest absolute Gasteiger partial charge is 0.461 e. The van der Waals surface area contributed by atoms with Crippen molar-refractivity contribution < 1.29 is 19.1 Å². The molecule has 57 heavy (non-hydrogen) atoms. The molecule has 0 aliphatic carbocycles. The van der Waals surface area contributed by atoms with Gasteiger partial charge >= 0.3 is 11.9 Å². The average Bonchev–Trinajstić information content (AvgIpc) is 3.12. The van der Waals surface area contributed by atoms with E-state index in [1.165, 1.54) is 114 Å². The summed E-state index contributed by atoms with van der Waals surface area (Å²) in [5, 5.41) is 0. The van der Waals surface area contributed by atoms with E-state index in [1.54, 1.807) is 0 Å². The van der Waals surface area contributed by atoms with Gasteiger partial charge in [-0.1, -0.05) is 156 Å². The van der Waals surface area contributed by atoms with Gasteiger partial charge in [0.15, 0.2) is 0 Å². The summed E-state index contributed by atoms with van der Waals surface area (Å²) >= 11 is 0. The van der Waals surface area contributed by atoms with Crippen molar-refractivity contribution in [1.29, 1.82) is 0 Å². The van der Waals surface area contributed by atoms with Crippen LogP contribution in [0.2, 0.25) is 0 Å². The Morgan fingerprint density at radius 3 is 1.18 bits per heavy atom. The van der Waals surface area contributed by atoms with Crippen molar-refractivity contribution in [3.05, 3.63) is 23.3 Å². The number of hydrogen-bond acceptors (Lipinski definition) is 5. The summed E-state index contributed by atoms with van der Waals surface area (Å²) in [7, 11) is 4.17. The van der Waals surface area contributed by atoms with E-state index in [2.05, 4.69) is 100 Å². The van der Waals surface area contributed by atoms with Crippen LogP contribution in [0.5, 0.6) is 0 Å². The zero-order chi connectivity index (χ0) is 42.8. The molecule has 0 aromatic carbocycles. The number of ether oxygens (including phenoxy) is 2. The third kappa shape index (κ3) is 38.3. The van der Waals surface area contributed by atoms with Gasteiger partial charge < -0.3 is 14.4 Å². The first-order valence-corrected chi connectivity index (χ1v) is 24.3. The molecule has 336 valence electrons. The van der Waals surface area contributed by atoms with Crippen molar-refractivity contribution in [2.75, 3.05) is 33.9 Å². The summed E-state index contributed by atoms with van der Waals surface area (Å²) in [4.78, 5) is 27.3. The van der Waals surface area contributed by atoms with Crippen LogP contribution < -0.4 is 0 Å². The maximum Gasteiger partial charge on any atom is 0.306 e. The van der Waals surface area contributed by atoms with Crippen molar-refractivity contribution in [3.63, 3.8) is 0 Å². The first kappa shape index (κ1) is 55.4. The fraction of sp³-hybridized carbons (Fsp3) is 0.885. The summed E-state index contributed by atoms with van der Waals surface area (Å²) in [5.74, 6) is 5.09. The van der Waals surface area contributed by atoms with Crippen LogP contribution in [0.4, 0.5) is 0 Å². The van der Waals surface area contributed by atoms with Crippen molar-refractivity contribution in [3.8, 4) is 0 Å². The number of esters is 2. The van der Waals surface area contributed by atoms with E-state index in [-0.39, 0.29) is 11.9 Å². The molecule has 0 saturated heterocycles. The highest BCUT2D eigenvalue weighted by molar-refractivity contribution is 5.69. The summed E-state index contributed by atoms with van der Waals surface area (Å²) < 4.78 is 11.2. The SMILES string of the molecule is C/C(=C\COC(=O)CCCC(CCC(=O)OC/C=C(\C)CCCC(C)CCCC(C)CCCC(C)C)CCN(C)C)CCCC(C)CCCC(C)CCCC(C)C. The van der Waals surface area contributed by atoms with Crippen LogP contribution in [0.1, 0.15) is 223 Å². The van der Waals surface area contributed by atoms with Gasteiger partial charge in [-0.15, -0.1) is 0 Å². The lowest BCUT2D eigenvalue weighted by atomic mass is 9.91. The minimum absolute atomic E-state index is 0.116. The van der Waals surface area contributed by atoms with Crippen LogP contribution in [-0.4, -0.2) is 50.7 Å². The number of carbonyl (C=O) groups excluding carboxylic acids is 2. The van der Waals surface area contributed by atoms with E-state index in [9.17, 15) is 9.59 Å². The van der Waals surface area contributed by atoms with Gasteiger partial charge in [-0.3, -0.25) is 9.59 Å². The highest BCUT2D eigenvalue weighted by Crippen LogP contribution is 2.24. The molecule has 0 fully saturated rings. The Balaban J connectivity index is 4.25. The Kier molecular flexibility index (Phi) is 35.2. The van der Waals surface area contributed by atoms with Crippen molar-refractivity contribution >= 4 is 11.9 Å². The fourth-order valence-corrected chi connectivity index (χ4v) is 8.05. The van der Waals surface area contributed by atoms with Gasteiger partial charge in [0.25, 0.3) is 0 Å². The third-order valence-corrected chi connectivity index (χ3v) is 12.4. The minimum atomic E-state index is -0.119. The van der Waals surface area contributed by atoms with Gasteiger partial charge in [0.1, 0.15) is 13.2 Å². The van der Waals surface area contributed by atoms with Crippen LogP contribution in [0.3, 0.4) is 0 Å². The molecule has 0 aliphatic rings. The minimum Gasteiger partial charge on any atom is -0.461 e. The smallest absolute Gasteiger partial charge is 0.306 e. The summed E-state index contributed by atoms with van der Waals surface area (Å²) in [6.07, 6.45) is 32.1. The molecular formula is C52H99NO4. The lowest BCUT2D eigenvalue weighted by Crippen LogP contribution is -2.18. The molecule has 0 bridgehead atoms. The van der Waals surface area contributed by atoms with Crippen LogP contribution in [0.25, 0.3) is 0 Å². The molecule has 0 aliphatic heterocycles. The molecule has 5 atom stereocenters. The first-order valence-electron chi connectivity index (χ1n) is 24.3. The highest BCUT2D eigenvalue weighted by atomic mass is 16.5. The zero-order valence-electron chi connectivity index (χ0n) is 40.4. The third-order valence-electron chi connectivity index (χ3n) is 12.4. The average molecular weight is 802 g/mol. The molecule has 0 saturated carbocycles. The topological polar surface area (TPSA) is 55.8 Å². The molecule has 0 N–H and O–H groups in total. The number of nitrogens with zero attached hydrogens (tertiary/aromatic N) is 1. The van der Waals surface area contributed by atoms with Crippen molar-refractivity contribution in [2.45, 2.75) is 223 Å². The predicted octanol–water partition coefficient (Wildman–Crippen LogP) is 15.4. The van der Waals surface area contributed by atoms with Crippen LogP contribution in [-0.2, 0) is 19.1 Å². The second kappa shape index (κ2) is 36.2. The summed E-state index contributed by atoms with van der Waals surface area (Å²) in [6.45, 7) is 25.0. The van der Waals surface area contributed by atoms with Crippen LogP contribution in [0.15, 0.2) is 23.3 Å². The van der Waals surface area contributed by atoms with Gasteiger partial charge in [0.2, 0.25) is 0 Å². The lowest BCUT2D eigenvalue weighted by Gasteiger charge is -2.19. The van der Waals surface area contributed by atoms with E-state index in [0.29, 0.717) is 32.0 Å². The highest BCUT2D eigenvalue weighted by Gasteiger charge is 2.15. The molecule has 0 amide bonds. The Labute approximate surface area is 356 Å². The summed E-state index contributed by atoms with van der Waals surface area (Å²) in [5.41, 5.74) is 2.64. The molecule has 5 unspecified atom stereocenters. The van der Waals surface area contributed by atoms with E-state index in [1.807, 2.05) is 0 Å². The van der Waals surface area contributed by atoms with Gasteiger partial charge in [-0.05, 0) is 139 Å². The fourth-order valence-electron chi connectivity index (χ4n) is 8.05. The molecule has 0 aromatic rings. The van der Waals surface area contributed by atoms with Gasteiger partial charge in [-0.2, -0.15) is 0 Å². The monoisotopic (exact) mass is 802 g/mol. The van der Waals surface area contributed by atoms with Crippen molar-refractivity contribution in [2.24, 2.45) is 41.4 Å². The molecular weight excluding hydrogens is 703 g/mol. The Bertz CT molecular complexity index is 1030. The normalized spacial score (nSPS) is 15.3. The molecule has 0 aromatic heterocycles. The van der Waals surface area contributed by atoms with Crippen molar-refractivity contribution in [1.82, 2.24) is 4.90 Å². The van der Waals surface area contributed by atoms with Gasteiger partial charge in [0, 0.05) is 12.8 Å². The van der Waals surface area contributed by atoms with E-state index in [0.717, 1.165) is 80.6 Å². The van der Waals surface area contributed by atoms with Gasteiger partial charge in [0.05, 0.1) is 0 Å². The van der Waals surface area contributed by atoms with E-state index < -0.39 is 0 Å². The van der Waals surface area contributed by atoms with Crippen LogP contribution in [0, 0.1) is 41.4 Å². The Morgan fingerprint density at radius 1 is 0.439 bits per heavy atom. The zero-order valence-corrected chi connectivity index (χ0v) is 40.4. The molecule has 0 radical (unpaired) electrons. The molecule has 0 spiro atoms. The molecule has 0 rings (SSSR count). The Morgan fingerprint density at radius 2 is 0.789 bits per heavy atom.